The molecule has 5 heteroatoms. The van der Waals surface area contributed by atoms with Gasteiger partial charge < -0.3 is 4.90 Å². The van der Waals surface area contributed by atoms with E-state index >= 15 is 0 Å². The topological polar surface area (TPSA) is 32.3 Å². The summed E-state index contributed by atoms with van der Waals surface area (Å²) >= 11 is 5.72. The van der Waals surface area contributed by atoms with Gasteiger partial charge in [-0.05, 0) is 26.9 Å². The Labute approximate surface area is 108 Å². The van der Waals surface area contributed by atoms with Crippen LogP contribution in [0.4, 0.5) is 0 Å². The molecule has 1 aliphatic heterocycles. The number of hydrogen-bond donors (Lipinski definition) is 0. The highest BCUT2D eigenvalue weighted by Gasteiger charge is 2.20. The van der Waals surface area contributed by atoms with E-state index in [4.69, 9.17) is 11.6 Å². The SMILES string of the molecule is CN(C)C1CCN(Cc2cnc(Cl)cn2)CC1. The van der Waals surface area contributed by atoms with Crippen molar-refractivity contribution in [2.45, 2.75) is 25.4 Å². The van der Waals surface area contributed by atoms with Crippen LogP contribution < -0.4 is 0 Å². The summed E-state index contributed by atoms with van der Waals surface area (Å²) < 4.78 is 0. The van der Waals surface area contributed by atoms with E-state index in [1.165, 1.54) is 12.8 Å². The molecular weight excluding hydrogens is 236 g/mol. The van der Waals surface area contributed by atoms with Gasteiger partial charge in [0, 0.05) is 25.7 Å². The first-order valence-electron chi connectivity index (χ1n) is 6.00. The second kappa shape index (κ2) is 5.76. The first kappa shape index (κ1) is 12.7. The number of aromatic nitrogens is 2. The van der Waals surface area contributed by atoms with Gasteiger partial charge in [-0.2, -0.15) is 0 Å². The van der Waals surface area contributed by atoms with E-state index in [1.807, 2.05) is 0 Å². The average Bonchev–Trinajstić information content (AvgIpc) is 2.33. The van der Waals surface area contributed by atoms with Crippen LogP contribution in [-0.4, -0.2) is 53.0 Å². The third-order valence-electron chi connectivity index (χ3n) is 3.35. The van der Waals surface area contributed by atoms with Gasteiger partial charge in [0.25, 0.3) is 0 Å². The van der Waals surface area contributed by atoms with Crippen LogP contribution in [0.2, 0.25) is 5.15 Å². The maximum absolute atomic E-state index is 5.72. The summed E-state index contributed by atoms with van der Waals surface area (Å²) in [5.41, 5.74) is 0.998. The molecule has 0 aliphatic carbocycles. The van der Waals surface area contributed by atoms with E-state index in [2.05, 4.69) is 33.9 Å². The highest BCUT2D eigenvalue weighted by molar-refractivity contribution is 6.29. The molecule has 0 bridgehead atoms. The highest BCUT2D eigenvalue weighted by atomic mass is 35.5. The fourth-order valence-electron chi connectivity index (χ4n) is 2.24. The number of nitrogens with zero attached hydrogens (tertiary/aromatic N) is 4. The maximum Gasteiger partial charge on any atom is 0.147 e. The zero-order valence-electron chi connectivity index (χ0n) is 10.4. The van der Waals surface area contributed by atoms with Crippen molar-refractivity contribution < 1.29 is 0 Å². The molecule has 1 aromatic heterocycles. The van der Waals surface area contributed by atoms with Gasteiger partial charge >= 0.3 is 0 Å². The predicted octanol–water partition coefficient (Wildman–Crippen LogP) is 1.66. The molecule has 17 heavy (non-hydrogen) atoms. The third kappa shape index (κ3) is 3.63. The Hall–Kier alpha value is -0.710. The summed E-state index contributed by atoms with van der Waals surface area (Å²) in [6.07, 6.45) is 5.84. The molecule has 4 nitrogen and oxygen atoms in total. The molecule has 2 heterocycles. The Morgan fingerprint density at radius 2 is 2.00 bits per heavy atom. The molecule has 0 unspecified atom stereocenters. The first-order valence-corrected chi connectivity index (χ1v) is 6.38. The van der Waals surface area contributed by atoms with Gasteiger partial charge in [-0.3, -0.25) is 9.88 Å². The zero-order valence-corrected chi connectivity index (χ0v) is 11.2. The number of hydrogen-bond acceptors (Lipinski definition) is 4. The van der Waals surface area contributed by atoms with E-state index in [1.54, 1.807) is 12.4 Å². The van der Waals surface area contributed by atoms with E-state index in [0.717, 1.165) is 31.4 Å². The van der Waals surface area contributed by atoms with Crippen LogP contribution in [0.5, 0.6) is 0 Å². The predicted molar refractivity (Wildman–Crippen MR) is 69.0 cm³/mol. The molecule has 1 aliphatic rings. The molecule has 0 N–H and O–H groups in total. The molecule has 94 valence electrons. The molecule has 0 amide bonds. The van der Waals surface area contributed by atoms with E-state index < -0.39 is 0 Å². The lowest BCUT2D eigenvalue weighted by Crippen LogP contribution is -2.41. The van der Waals surface area contributed by atoms with Gasteiger partial charge in [0.15, 0.2) is 0 Å². The van der Waals surface area contributed by atoms with Crippen molar-refractivity contribution in [3.63, 3.8) is 0 Å². The smallest absolute Gasteiger partial charge is 0.147 e. The van der Waals surface area contributed by atoms with Gasteiger partial charge in [0.1, 0.15) is 5.15 Å². The lowest BCUT2D eigenvalue weighted by molar-refractivity contribution is 0.139. The second-order valence-corrected chi connectivity index (χ2v) is 5.19. The fraction of sp³-hybridized carbons (Fsp3) is 0.667. The van der Waals surface area contributed by atoms with Crippen molar-refractivity contribution in [1.29, 1.82) is 0 Å². The monoisotopic (exact) mass is 254 g/mol. The van der Waals surface area contributed by atoms with Crippen LogP contribution in [0.3, 0.4) is 0 Å². The molecule has 0 spiro atoms. The Bertz CT molecular complexity index is 344. The molecule has 0 atom stereocenters. The van der Waals surface area contributed by atoms with Gasteiger partial charge in [-0.1, -0.05) is 11.6 Å². The Morgan fingerprint density at radius 1 is 1.29 bits per heavy atom. The number of halogens is 1. The van der Waals surface area contributed by atoms with Gasteiger partial charge in [-0.25, -0.2) is 4.98 Å². The van der Waals surface area contributed by atoms with Crippen LogP contribution in [0.1, 0.15) is 18.5 Å². The molecule has 0 radical (unpaired) electrons. The largest absolute Gasteiger partial charge is 0.306 e. The van der Waals surface area contributed by atoms with Crippen LogP contribution in [-0.2, 0) is 6.54 Å². The average molecular weight is 255 g/mol. The van der Waals surface area contributed by atoms with Crippen molar-refractivity contribution in [3.05, 3.63) is 23.2 Å². The Balaban J connectivity index is 1.84. The first-order chi connectivity index (χ1) is 8.15. The third-order valence-corrected chi connectivity index (χ3v) is 3.54. The molecule has 1 saturated heterocycles. The molecule has 0 saturated carbocycles. The summed E-state index contributed by atoms with van der Waals surface area (Å²) in [7, 11) is 4.32. The molecule has 2 rings (SSSR count). The zero-order chi connectivity index (χ0) is 12.3. The van der Waals surface area contributed by atoms with Gasteiger partial charge in [0.2, 0.25) is 0 Å². The minimum Gasteiger partial charge on any atom is -0.306 e. The van der Waals surface area contributed by atoms with E-state index in [9.17, 15) is 0 Å². The molecule has 0 aromatic carbocycles. The lowest BCUT2D eigenvalue weighted by atomic mass is 10.0. The molecule has 1 aromatic rings. The van der Waals surface area contributed by atoms with Crippen LogP contribution in [0, 0.1) is 0 Å². The fourth-order valence-corrected chi connectivity index (χ4v) is 2.34. The summed E-state index contributed by atoms with van der Waals surface area (Å²) in [4.78, 5) is 13.1. The van der Waals surface area contributed by atoms with Crippen LogP contribution in [0.15, 0.2) is 12.4 Å². The van der Waals surface area contributed by atoms with Crippen molar-refractivity contribution >= 4 is 11.6 Å². The summed E-state index contributed by atoms with van der Waals surface area (Å²) in [6, 6.07) is 0.725. The molecular formula is C12H19ClN4. The van der Waals surface area contributed by atoms with Gasteiger partial charge in [-0.15, -0.1) is 0 Å². The van der Waals surface area contributed by atoms with Crippen molar-refractivity contribution in [1.82, 2.24) is 19.8 Å². The molecule has 1 fully saturated rings. The van der Waals surface area contributed by atoms with E-state index in [-0.39, 0.29) is 0 Å². The van der Waals surface area contributed by atoms with E-state index in [0.29, 0.717) is 5.15 Å². The summed E-state index contributed by atoms with van der Waals surface area (Å²) in [5, 5.41) is 0.458. The normalized spacial score (nSPS) is 18.8. The second-order valence-electron chi connectivity index (χ2n) is 4.80. The van der Waals surface area contributed by atoms with Crippen molar-refractivity contribution in [3.8, 4) is 0 Å². The minimum absolute atomic E-state index is 0.458. The van der Waals surface area contributed by atoms with Crippen LogP contribution >= 0.6 is 11.6 Å². The standard InChI is InChI=1S/C12H19ClN4/c1-16(2)11-3-5-17(6-4-11)9-10-7-15-12(13)8-14-10/h7-8,11H,3-6,9H2,1-2H3. The quantitative estimate of drug-likeness (QED) is 0.821. The number of likely N-dealkylation sites (tertiary alicyclic amines) is 1. The van der Waals surface area contributed by atoms with Crippen LogP contribution in [0.25, 0.3) is 0 Å². The maximum atomic E-state index is 5.72. The number of piperidine rings is 1. The Kier molecular flexibility index (Phi) is 4.31. The summed E-state index contributed by atoms with van der Waals surface area (Å²) in [6.45, 7) is 3.14. The van der Waals surface area contributed by atoms with Crippen molar-refractivity contribution in [2.75, 3.05) is 27.2 Å². The van der Waals surface area contributed by atoms with Gasteiger partial charge in [0.05, 0.1) is 18.1 Å². The Morgan fingerprint density at radius 3 is 2.53 bits per heavy atom. The number of rotatable bonds is 3. The summed E-state index contributed by atoms with van der Waals surface area (Å²) in [5.74, 6) is 0. The van der Waals surface area contributed by atoms with Crippen molar-refractivity contribution in [2.24, 2.45) is 0 Å². The highest BCUT2D eigenvalue weighted by Crippen LogP contribution is 2.15. The lowest BCUT2D eigenvalue weighted by Gasteiger charge is -2.34. The minimum atomic E-state index is 0.458.